The predicted octanol–water partition coefficient (Wildman–Crippen LogP) is 1.68. The lowest BCUT2D eigenvalue weighted by atomic mass is 10.3. The molecule has 0 saturated heterocycles. The molecule has 1 heterocycles. The van der Waals surface area contributed by atoms with Gasteiger partial charge in [-0.2, -0.15) is 0 Å². The summed E-state index contributed by atoms with van der Waals surface area (Å²) in [5.74, 6) is 0.816. The smallest absolute Gasteiger partial charge is 0.181 e. The molecule has 2 rings (SSSR count). The second kappa shape index (κ2) is 3.31. The van der Waals surface area contributed by atoms with Crippen LogP contribution in [0.4, 0.5) is 0 Å². The van der Waals surface area contributed by atoms with Crippen LogP contribution in [-0.2, 0) is 0 Å². The van der Waals surface area contributed by atoms with Crippen molar-refractivity contribution in [2.75, 3.05) is 7.11 Å². The first-order chi connectivity index (χ1) is 6.42. The van der Waals surface area contributed by atoms with Gasteiger partial charge in [-0.25, -0.2) is 4.98 Å². The van der Waals surface area contributed by atoms with Crippen LogP contribution in [0.1, 0.15) is 0 Å². The van der Waals surface area contributed by atoms with Crippen LogP contribution in [0.3, 0.4) is 0 Å². The monoisotopic (exact) mass is 173 g/mol. The Labute approximate surface area is 76.6 Å². The highest BCUT2D eigenvalue weighted by Gasteiger charge is 2.02. The molecule has 0 bridgehead atoms. The van der Waals surface area contributed by atoms with Crippen molar-refractivity contribution in [3.05, 3.63) is 43.0 Å². The molecule has 0 aliphatic rings. The van der Waals surface area contributed by atoms with Crippen LogP contribution in [0.15, 0.2) is 36.7 Å². The number of para-hydroxylation sites is 2. The standard InChI is InChI=1S/C10H9N2O/c1-13-10-5-3-2-4-9(10)12-7-6-11-8-12/h2-7H,1H3. The Hall–Kier alpha value is -1.77. The van der Waals surface area contributed by atoms with E-state index in [9.17, 15) is 0 Å². The van der Waals surface area contributed by atoms with Gasteiger partial charge in [0.15, 0.2) is 6.33 Å². The Morgan fingerprint density at radius 3 is 2.92 bits per heavy atom. The van der Waals surface area contributed by atoms with Crippen LogP contribution in [0.25, 0.3) is 5.69 Å². The number of hydrogen-bond acceptors (Lipinski definition) is 2. The van der Waals surface area contributed by atoms with E-state index in [0.29, 0.717) is 0 Å². The minimum atomic E-state index is 0.816. The molecule has 0 amide bonds. The summed E-state index contributed by atoms with van der Waals surface area (Å²) in [6.07, 6.45) is 6.33. The van der Waals surface area contributed by atoms with E-state index in [1.807, 2.05) is 30.5 Å². The maximum absolute atomic E-state index is 5.20. The van der Waals surface area contributed by atoms with Crippen LogP contribution in [0, 0.1) is 6.33 Å². The van der Waals surface area contributed by atoms with Crippen molar-refractivity contribution in [3.8, 4) is 11.4 Å². The van der Waals surface area contributed by atoms with E-state index < -0.39 is 0 Å². The summed E-state index contributed by atoms with van der Waals surface area (Å²) in [6, 6.07) is 7.74. The molecule has 0 aliphatic carbocycles. The zero-order valence-electron chi connectivity index (χ0n) is 7.27. The second-order valence-electron chi connectivity index (χ2n) is 2.57. The summed E-state index contributed by atoms with van der Waals surface area (Å²) < 4.78 is 6.99. The van der Waals surface area contributed by atoms with Crippen molar-refractivity contribution in [3.63, 3.8) is 0 Å². The Morgan fingerprint density at radius 2 is 2.23 bits per heavy atom. The molecule has 0 fully saturated rings. The number of aromatic nitrogens is 2. The third-order valence-corrected chi connectivity index (χ3v) is 1.80. The molecule has 1 aromatic heterocycles. The van der Waals surface area contributed by atoms with E-state index in [2.05, 4.69) is 11.3 Å². The zero-order chi connectivity index (χ0) is 9.10. The summed E-state index contributed by atoms with van der Waals surface area (Å²) in [6.45, 7) is 0. The normalized spacial score (nSPS) is 9.92. The minimum Gasteiger partial charge on any atom is -0.495 e. The summed E-state index contributed by atoms with van der Waals surface area (Å²) in [5, 5.41) is 0. The topological polar surface area (TPSA) is 27.1 Å². The highest BCUT2D eigenvalue weighted by atomic mass is 16.5. The highest BCUT2D eigenvalue weighted by molar-refractivity contribution is 5.46. The molecule has 0 unspecified atom stereocenters. The Bertz CT molecular complexity index is 382. The first-order valence-electron chi connectivity index (χ1n) is 3.96. The van der Waals surface area contributed by atoms with Crippen molar-refractivity contribution < 1.29 is 4.74 Å². The zero-order valence-corrected chi connectivity index (χ0v) is 7.27. The summed E-state index contributed by atoms with van der Waals surface area (Å²) in [7, 11) is 1.65. The van der Waals surface area contributed by atoms with E-state index in [0.717, 1.165) is 11.4 Å². The van der Waals surface area contributed by atoms with Gasteiger partial charge in [-0.05, 0) is 12.1 Å². The number of rotatable bonds is 2. The van der Waals surface area contributed by atoms with Gasteiger partial charge in [-0.1, -0.05) is 12.1 Å². The van der Waals surface area contributed by atoms with E-state index >= 15 is 0 Å². The Kier molecular flexibility index (Phi) is 2.00. The number of benzene rings is 1. The largest absolute Gasteiger partial charge is 0.495 e. The van der Waals surface area contributed by atoms with Gasteiger partial charge in [0, 0.05) is 12.4 Å². The van der Waals surface area contributed by atoms with Gasteiger partial charge >= 0.3 is 0 Å². The summed E-state index contributed by atoms with van der Waals surface area (Å²) in [4.78, 5) is 3.86. The average Bonchev–Trinajstić information content (AvgIpc) is 2.70. The molecule has 0 N–H and O–H groups in total. The van der Waals surface area contributed by atoms with Gasteiger partial charge < -0.3 is 4.74 Å². The molecule has 0 saturated carbocycles. The Morgan fingerprint density at radius 1 is 1.38 bits per heavy atom. The van der Waals surface area contributed by atoms with Crippen molar-refractivity contribution in [1.29, 1.82) is 0 Å². The van der Waals surface area contributed by atoms with E-state index in [-0.39, 0.29) is 0 Å². The van der Waals surface area contributed by atoms with Crippen LogP contribution < -0.4 is 4.74 Å². The summed E-state index contributed by atoms with van der Waals surface area (Å²) in [5.41, 5.74) is 0.947. The second-order valence-corrected chi connectivity index (χ2v) is 2.57. The predicted molar refractivity (Wildman–Crippen MR) is 49.0 cm³/mol. The molecule has 3 heteroatoms. The minimum absolute atomic E-state index is 0.816. The highest BCUT2D eigenvalue weighted by Crippen LogP contribution is 2.20. The summed E-state index contributed by atoms with van der Waals surface area (Å²) >= 11 is 0. The van der Waals surface area contributed by atoms with Crippen molar-refractivity contribution in [2.45, 2.75) is 0 Å². The fourth-order valence-electron chi connectivity index (χ4n) is 1.19. The van der Waals surface area contributed by atoms with E-state index in [1.165, 1.54) is 0 Å². The molecule has 3 nitrogen and oxygen atoms in total. The van der Waals surface area contributed by atoms with Crippen LogP contribution >= 0.6 is 0 Å². The number of methoxy groups -OCH3 is 1. The molecule has 2 aromatic rings. The molecule has 0 spiro atoms. The quantitative estimate of drug-likeness (QED) is 0.690. The van der Waals surface area contributed by atoms with Gasteiger partial charge in [-0.3, -0.25) is 4.57 Å². The van der Waals surface area contributed by atoms with Crippen LogP contribution in [0.5, 0.6) is 5.75 Å². The molecular formula is C10H9N2O. The maximum Gasteiger partial charge on any atom is 0.181 e. The van der Waals surface area contributed by atoms with Gasteiger partial charge in [0.25, 0.3) is 0 Å². The molecule has 13 heavy (non-hydrogen) atoms. The van der Waals surface area contributed by atoms with Crippen LogP contribution in [0.2, 0.25) is 0 Å². The Balaban J connectivity index is 2.51. The van der Waals surface area contributed by atoms with Gasteiger partial charge in [0.1, 0.15) is 5.75 Å². The van der Waals surface area contributed by atoms with E-state index in [4.69, 9.17) is 4.74 Å². The molecule has 1 radical (unpaired) electrons. The fourth-order valence-corrected chi connectivity index (χ4v) is 1.19. The van der Waals surface area contributed by atoms with Gasteiger partial charge in [-0.15, -0.1) is 0 Å². The first kappa shape index (κ1) is 7.86. The van der Waals surface area contributed by atoms with Gasteiger partial charge in [0.2, 0.25) is 0 Å². The van der Waals surface area contributed by atoms with Crippen molar-refractivity contribution in [1.82, 2.24) is 9.55 Å². The molecule has 65 valence electrons. The van der Waals surface area contributed by atoms with Crippen LogP contribution in [-0.4, -0.2) is 16.7 Å². The first-order valence-corrected chi connectivity index (χ1v) is 3.96. The fraction of sp³-hybridized carbons (Fsp3) is 0.100. The molecule has 0 aliphatic heterocycles. The molecule has 1 aromatic carbocycles. The van der Waals surface area contributed by atoms with Crippen molar-refractivity contribution >= 4 is 0 Å². The maximum atomic E-state index is 5.20. The third-order valence-electron chi connectivity index (χ3n) is 1.80. The van der Waals surface area contributed by atoms with Gasteiger partial charge in [0.05, 0.1) is 12.8 Å². The number of hydrogen-bond donors (Lipinski definition) is 0. The number of ether oxygens (including phenoxy) is 1. The molecule has 0 atom stereocenters. The number of nitrogens with zero attached hydrogens (tertiary/aromatic N) is 2. The number of imidazole rings is 1. The average molecular weight is 173 g/mol. The molecular weight excluding hydrogens is 164 g/mol. The lowest BCUT2D eigenvalue weighted by molar-refractivity contribution is 0.413. The lowest BCUT2D eigenvalue weighted by Crippen LogP contribution is -1.94. The lowest BCUT2D eigenvalue weighted by Gasteiger charge is -2.07. The third kappa shape index (κ3) is 1.40. The SMILES string of the molecule is COc1ccccc1-n1[c]ncc1. The van der Waals surface area contributed by atoms with Crippen molar-refractivity contribution in [2.24, 2.45) is 0 Å². The van der Waals surface area contributed by atoms with E-state index in [1.54, 1.807) is 17.9 Å².